The molecule has 0 radical (unpaired) electrons. The Morgan fingerprint density at radius 1 is 1.00 bits per heavy atom. The normalized spacial score (nSPS) is 11.8. The van der Waals surface area contributed by atoms with Crippen LogP contribution in [0.5, 0.6) is 0 Å². The van der Waals surface area contributed by atoms with Crippen LogP contribution in [0.4, 0.5) is 5.95 Å². The highest BCUT2D eigenvalue weighted by Gasteiger charge is 2.25. The first-order valence-electron chi connectivity index (χ1n) is 9.55. The van der Waals surface area contributed by atoms with Crippen molar-refractivity contribution in [3.05, 3.63) is 84.5 Å². The van der Waals surface area contributed by atoms with Crippen molar-refractivity contribution in [2.24, 2.45) is 0 Å². The molecule has 0 unspecified atom stereocenters. The van der Waals surface area contributed by atoms with Crippen molar-refractivity contribution in [1.82, 2.24) is 14.2 Å². The average molecular weight is 434 g/mol. The third-order valence-corrected chi connectivity index (χ3v) is 6.34. The van der Waals surface area contributed by atoms with Gasteiger partial charge in [-0.25, -0.2) is 0 Å². The number of nitrogens with one attached hydrogen (secondary N) is 1. The Bertz CT molecular complexity index is 1470. The first kappa shape index (κ1) is 19.1. The van der Waals surface area contributed by atoms with Crippen molar-refractivity contribution in [3.63, 3.8) is 0 Å². The van der Waals surface area contributed by atoms with E-state index in [0.29, 0.717) is 11.5 Å². The zero-order chi connectivity index (χ0) is 21.4. The molecule has 2 aromatic carbocycles. The fraction of sp³-hybridized carbons (Fsp3) is 0.0909. The van der Waals surface area contributed by atoms with Crippen molar-refractivity contribution in [3.8, 4) is 11.6 Å². The molecule has 0 atom stereocenters. The number of aromatic nitrogens is 3. The first-order valence-corrected chi connectivity index (χ1v) is 11.0. The SMILES string of the molecule is Cc1ccc(CNc2nc(-c3ccco3)nn2S(=O)(=O)c2ccc3ccccc3c2)o1. The van der Waals surface area contributed by atoms with Gasteiger partial charge in [-0.3, -0.25) is 0 Å². The minimum absolute atomic E-state index is 0.0635. The summed E-state index contributed by atoms with van der Waals surface area (Å²) >= 11 is 0. The molecule has 0 fully saturated rings. The Hall–Kier alpha value is -3.85. The zero-order valence-corrected chi connectivity index (χ0v) is 17.3. The van der Waals surface area contributed by atoms with Gasteiger partial charge in [0.05, 0.1) is 17.7 Å². The number of rotatable bonds is 6. The van der Waals surface area contributed by atoms with Gasteiger partial charge in [-0.1, -0.05) is 30.3 Å². The van der Waals surface area contributed by atoms with Gasteiger partial charge in [0.2, 0.25) is 11.8 Å². The lowest BCUT2D eigenvalue weighted by atomic mass is 10.1. The summed E-state index contributed by atoms with van der Waals surface area (Å²) in [6.07, 6.45) is 1.48. The molecule has 0 saturated heterocycles. The zero-order valence-electron chi connectivity index (χ0n) is 16.5. The van der Waals surface area contributed by atoms with E-state index in [1.165, 1.54) is 6.26 Å². The molecule has 31 heavy (non-hydrogen) atoms. The number of benzene rings is 2. The van der Waals surface area contributed by atoms with E-state index in [0.717, 1.165) is 20.6 Å². The number of hydrogen-bond acceptors (Lipinski definition) is 7. The molecule has 1 N–H and O–H groups in total. The predicted octanol–water partition coefficient (Wildman–Crippen LogP) is 4.44. The van der Waals surface area contributed by atoms with Crippen molar-refractivity contribution in [2.45, 2.75) is 18.4 Å². The third-order valence-electron chi connectivity index (χ3n) is 4.78. The summed E-state index contributed by atoms with van der Waals surface area (Å²) in [7, 11) is -4.02. The minimum Gasteiger partial charge on any atom is -0.465 e. The van der Waals surface area contributed by atoms with Gasteiger partial charge in [0.25, 0.3) is 10.0 Å². The van der Waals surface area contributed by atoms with Crippen molar-refractivity contribution >= 4 is 26.7 Å². The van der Waals surface area contributed by atoms with Crippen molar-refractivity contribution < 1.29 is 17.3 Å². The number of furan rings is 2. The van der Waals surface area contributed by atoms with Crippen LogP contribution in [0.3, 0.4) is 0 Å². The van der Waals surface area contributed by atoms with E-state index in [1.807, 2.05) is 43.3 Å². The minimum atomic E-state index is -4.02. The molecule has 3 aromatic heterocycles. The molecule has 0 aliphatic heterocycles. The molecule has 5 rings (SSSR count). The average Bonchev–Trinajstić information content (AvgIpc) is 3.52. The topological polar surface area (TPSA) is 103 Å². The molecule has 3 heterocycles. The maximum atomic E-state index is 13.5. The van der Waals surface area contributed by atoms with Crippen molar-refractivity contribution in [1.29, 1.82) is 0 Å². The molecular weight excluding hydrogens is 416 g/mol. The summed E-state index contributed by atoms with van der Waals surface area (Å²) in [6.45, 7) is 2.09. The van der Waals surface area contributed by atoms with E-state index in [9.17, 15) is 8.42 Å². The fourth-order valence-corrected chi connectivity index (χ4v) is 4.49. The lowest BCUT2D eigenvalue weighted by Crippen LogP contribution is -2.18. The fourth-order valence-electron chi connectivity index (χ4n) is 3.26. The standard InChI is InChI=1S/C22H18N4O4S/c1-15-8-10-18(30-15)14-23-22-24-21(20-7-4-12-29-20)25-26(22)31(27,28)19-11-9-16-5-2-3-6-17(16)13-19/h2-13H,14H2,1H3,(H,23,24,25). The molecule has 0 amide bonds. The van der Waals surface area contributed by atoms with Crippen LogP contribution in [0.2, 0.25) is 0 Å². The van der Waals surface area contributed by atoms with Gasteiger partial charge >= 0.3 is 0 Å². The molecular formula is C22H18N4O4S. The second kappa shape index (κ2) is 7.44. The smallest absolute Gasteiger partial charge is 0.286 e. The number of hydrogen-bond donors (Lipinski definition) is 1. The van der Waals surface area contributed by atoms with E-state index in [1.54, 1.807) is 30.3 Å². The third kappa shape index (κ3) is 3.59. The summed E-state index contributed by atoms with van der Waals surface area (Å²) < 4.78 is 38.7. The van der Waals surface area contributed by atoms with Crippen LogP contribution in [0, 0.1) is 6.92 Å². The van der Waals surface area contributed by atoms with Crippen LogP contribution in [0.15, 0.2) is 86.7 Å². The van der Waals surface area contributed by atoms with Gasteiger partial charge in [-0.05, 0) is 54.1 Å². The van der Waals surface area contributed by atoms with E-state index >= 15 is 0 Å². The molecule has 9 heteroatoms. The molecule has 5 aromatic rings. The quantitative estimate of drug-likeness (QED) is 0.421. The Labute approximate surface area is 178 Å². The van der Waals surface area contributed by atoms with Crippen LogP contribution < -0.4 is 5.32 Å². The molecule has 0 aliphatic carbocycles. The lowest BCUT2D eigenvalue weighted by Gasteiger charge is -2.09. The highest BCUT2D eigenvalue weighted by molar-refractivity contribution is 7.90. The van der Waals surface area contributed by atoms with E-state index in [2.05, 4.69) is 15.4 Å². The van der Waals surface area contributed by atoms with Crippen LogP contribution in [-0.2, 0) is 16.6 Å². The molecule has 8 nitrogen and oxygen atoms in total. The van der Waals surface area contributed by atoms with Gasteiger partial charge in [-0.15, -0.1) is 9.19 Å². The highest BCUT2D eigenvalue weighted by atomic mass is 32.2. The van der Waals surface area contributed by atoms with Crippen LogP contribution >= 0.6 is 0 Å². The Kier molecular flexibility index (Phi) is 4.59. The Morgan fingerprint density at radius 2 is 1.84 bits per heavy atom. The Morgan fingerprint density at radius 3 is 2.58 bits per heavy atom. The number of aryl methyl sites for hydroxylation is 1. The lowest BCUT2D eigenvalue weighted by molar-refractivity contribution is 0.490. The summed E-state index contributed by atoms with van der Waals surface area (Å²) in [6, 6.07) is 19.5. The van der Waals surface area contributed by atoms with Gasteiger partial charge in [-0.2, -0.15) is 13.4 Å². The van der Waals surface area contributed by atoms with E-state index in [4.69, 9.17) is 8.83 Å². The maximum Gasteiger partial charge on any atom is 0.286 e. The number of anilines is 1. The van der Waals surface area contributed by atoms with Gasteiger partial charge in [0.15, 0.2) is 5.76 Å². The first-order chi connectivity index (χ1) is 15.0. The molecule has 0 saturated carbocycles. The largest absolute Gasteiger partial charge is 0.465 e. The second-order valence-corrected chi connectivity index (χ2v) is 8.73. The second-order valence-electron chi connectivity index (χ2n) is 6.96. The van der Waals surface area contributed by atoms with E-state index < -0.39 is 10.0 Å². The van der Waals surface area contributed by atoms with Gasteiger partial charge in [0.1, 0.15) is 11.5 Å². The van der Waals surface area contributed by atoms with Crippen LogP contribution in [0.25, 0.3) is 22.4 Å². The van der Waals surface area contributed by atoms with Crippen LogP contribution in [0.1, 0.15) is 11.5 Å². The monoisotopic (exact) mass is 434 g/mol. The van der Waals surface area contributed by atoms with Crippen molar-refractivity contribution in [2.75, 3.05) is 5.32 Å². The summed E-state index contributed by atoms with van der Waals surface area (Å²) in [5, 5.41) is 9.00. The highest BCUT2D eigenvalue weighted by Crippen LogP contribution is 2.25. The summed E-state index contributed by atoms with van der Waals surface area (Å²) in [5.41, 5.74) is 0. The predicted molar refractivity (Wildman–Crippen MR) is 115 cm³/mol. The molecule has 156 valence electrons. The number of nitrogens with zero attached hydrogens (tertiary/aromatic N) is 3. The van der Waals surface area contributed by atoms with Gasteiger partial charge < -0.3 is 14.2 Å². The van der Waals surface area contributed by atoms with Gasteiger partial charge in [0, 0.05) is 0 Å². The number of fused-ring (bicyclic) bond motifs is 1. The van der Waals surface area contributed by atoms with E-state index in [-0.39, 0.29) is 23.2 Å². The molecule has 0 bridgehead atoms. The molecule has 0 aliphatic rings. The summed E-state index contributed by atoms with van der Waals surface area (Å²) in [5.74, 6) is 2.00. The van der Waals surface area contributed by atoms with Crippen LogP contribution in [-0.4, -0.2) is 22.6 Å². The summed E-state index contributed by atoms with van der Waals surface area (Å²) in [4.78, 5) is 4.46. The molecule has 0 spiro atoms. The Balaban J connectivity index is 1.58. The maximum absolute atomic E-state index is 13.5.